The number of benzene rings is 1. The maximum atomic E-state index is 14.5. The van der Waals surface area contributed by atoms with Gasteiger partial charge in [-0.15, -0.1) is 0 Å². The molecule has 0 aliphatic heterocycles. The van der Waals surface area contributed by atoms with Crippen LogP contribution < -0.4 is 5.73 Å². The van der Waals surface area contributed by atoms with Gasteiger partial charge in [0.25, 0.3) is 0 Å². The quantitative estimate of drug-likeness (QED) is 0.785. The van der Waals surface area contributed by atoms with E-state index in [2.05, 4.69) is 0 Å². The largest absolute Gasteiger partial charge is 0.327 e. The summed E-state index contributed by atoms with van der Waals surface area (Å²) in [6, 6.07) is 9.19. The molecule has 0 amide bonds. The lowest BCUT2D eigenvalue weighted by Crippen LogP contribution is -2.36. The molecule has 1 aromatic rings. The first-order valence-corrected chi connectivity index (χ1v) is 5.09. The highest BCUT2D eigenvalue weighted by Gasteiger charge is 2.35. The van der Waals surface area contributed by atoms with Gasteiger partial charge in [-0.3, -0.25) is 0 Å². The van der Waals surface area contributed by atoms with Gasteiger partial charge < -0.3 is 5.73 Å². The Balaban J connectivity index is 3.01. The van der Waals surface area contributed by atoms with Crippen molar-refractivity contribution in [2.75, 3.05) is 6.54 Å². The molecule has 0 radical (unpaired) electrons. The predicted octanol–water partition coefficient (Wildman–Crippen LogP) is 2.86. The van der Waals surface area contributed by atoms with E-state index in [1.165, 1.54) is 0 Å². The summed E-state index contributed by atoms with van der Waals surface area (Å²) < 4.78 is 14.5. The topological polar surface area (TPSA) is 26.0 Å². The Bertz CT molecular complexity index is 273. The summed E-state index contributed by atoms with van der Waals surface area (Å²) in [5.41, 5.74) is 4.85. The first-order chi connectivity index (χ1) is 6.65. The van der Waals surface area contributed by atoms with Crippen LogP contribution in [0.4, 0.5) is 4.39 Å². The van der Waals surface area contributed by atoms with Crippen LogP contribution in [0.1, 0.15) is 25.8 Å². The Labute approximate surface area is 85.1 Å². The number of halogens is 1. The first kappa shape index (κ1) is 11.2. The molecule has 2 heteroatoms. The summed E-state index contributed by atoms with van der Waals surface area (Å²) in [7, 11) is 0. The van der Waals surface area contributed by atoms with Gasteiger partial charge in [-0.2, -0.15) is 0 Å². The summed E-state index contributed by atoms with van der Waals surface area (Å²) in [6.45, 7) is 3.93. The fraction of sp³-hybridized carbons (Fsp3) is 0.500. The summed E-state index contributed by atoms with van der Waals surface area (Å²) in [4.78, 5) is 0. The predicted molar refractivity (Wildman–Crippen MR) is 57.7 cm³/mol. The van der Waals surface area contributed by atoms with Crippen molar-refractivity contribution in [1.82, 2.24) is 0 Å². The molecule has 2 N–H and O–H groups in total. The van der Waals surface area contributed by atoms with Gasteiger partial charge in [0.2, 0.25) is 0 Å². The van der Waals surface area contributed by atoms with Gasteiger partial charge in [-0.25, -0.2) is 4.39 Å². The number of hydrogen-bond acceptors (Lipinski definition) is 1. The minimum Gasteiger partial charge on any atom is -0.327 e. The first-order valence-electron chi connectivity index (χ1n) is 5.09. The summed E-state index contributed by atoms with van der Waals surface area (Å²) in [6.07, 6.45) is 0.794. The van der Waals surface area contributed by atoms with Crippen LogP contribution in [0.3, 0.4) is 0 Å². The standard InChI is InChI=1S/C12H18FN/c1-3-10(2)12(13,9-14)11-7-5-4-6-8-11/h4-8,10H,3,9,14H2,1-2H3. The molecule has 0 spiro atoms. The van der Waals surface area contributed by atoms with Crippen LogP contribution in [-0.2, 0) is 5.67 Å². The van der Waals surface area contributed by atoms with Crippen LogP contribution in [0.2, 0.25) is 0 Å². The Morgan fingerprint density at radius 3 is 2.36 bits per heavy atom. The lowest BCUT2D eigenvalue weighted by molar-refractivity contribution is 0.0956. The molecule has 0 fully saturated rings. The van der Waals surface area contributed by atoms with E-state index in [0.717, 1.165) is 6.42 Å². The SMILES string of the molecule is CCC(C)C(F)(CN)c1ccccc1. The monoisotopic (exact) mass is 195 g/mol. The third-order valence-corrected chi connectivity index (χ3v) is 2.94. The zero-order chi connectivity index (χ0) is 10.6. The van der Waals surface area contributed by atoms with Gasteiger partial charge in [0.1, 0.15) is 0 Å². The van der Waals surface area contributed by atoms with E-state index in [1.54, 1.807) is 12.1 Å². The van der Waals surface area contributed by atoms with E-state index >= 15 is 0 Å². The summed E-state index contributed by atoms with van der Waals surface area (Å²) in [5, 5.41) is 0. The van der Waals surface area contributed by atoms with Gasteiger partial charge in [0.05, 0.1) is 0 Å². The lowest BCUT2D eigenvalue weighted by atomic mass is 9.82. The third-order valence-electron chi connectivity index (χ3n) is 2.94. The normalized spacial score (nSPS) is 17.4. The van der Waals surface area contributed by atoms with Crippen LogP contribution in [0.5, 0.6) is 0 Å². The van der Waals surface area contributed by atoms with Crippen molar-refractivity contribution < 1.29 is 4.39 Å². The van der Waals surface area contributed by atoms with Crippen LogP contribution >= 0.6 is 0 Å². The molecule has 0 saturated heterocycles. The Morgan fingerprint density at radius 2 is 1.93 bits per heavy atom. The molecule has 78 valence electrons. The Hall–Kier alpha value is -0.890. The number of alkyl halides is 1. The highest BCUT2D eigenvalue weighted by Crippen LogP contribution is 2.34. The minimum atomic E-state index is -1.38. The highest BCUT2D eigenvalue weighted by atomic mass is 19.1. The molecular formula is C12H18FN. The van der Waals surface area contributed by atoms with Gasteiger partial charge >= 0.3 is 0 Å². The summed E-state index contributed by atoms with van der Waals surface area (Å²) in [5.74, 6) is -0.0464. The smallest absolute Gasteiger partial charge is 0.150 e. The molecule has 0 aromatic heterocycles. The molecule has 0 aliphatic rings. The van der Waals surface area contributed by atoms with Crippen LogP contribution in [0.25, 0.3) is 0 Å². The van der Waals surface area contributed by atoms with Crippen LogP contribution in [0, 0.1) is 5.92 Å². The molecule has 0 heterocycles. The fourth-order valence-corrected chi connectivity index (χ4v) is 1.64. The molecular weight excluding hydrogens is 177 g/mol. The molecule has 0 saturated carbocycles. The zero-order valence-electron chi connectivity index (χ0n) is 8.83. The van der Waals surface area contributed by atoms with Gasteiger partial charge in [-0.1, -0.05) is 50.6 Å². The van der Waals surface area contributed by atoms with E-state index in [9.17, 15) is 4.39 Å². The second kappa shape index (κ2) is 4.56. The lowest BCUT2D eigenvalue weighted by Gasteiger charge is -2.30. The van der Waals surface area contributed by atoms with E-state index < -0.39 is 5.67 Å². The van der Waals surface area contributed by atoms with Crippen LogP contribution in [0.15, 0.2) is 30.3 Å². The minimum absolute atomic E-state index is 0.0464. The number of hydrogen-bond donors (Lipinski definition) is 1. The number of rotatable bonds is 4. The van der Waals surface area contributed by atoms with Crippen molar-refractivity contribution in [3.05, 3.63) is 35.9 Å². The molecule has 2 unspecified atom stereocenters. The molecule has 1 aromatic carbocycles. The maximum Gasteiger partial charge on any atom is 0.150 e. The number of nitrogens with two attached hydrogens (primary N) is 1. The van der Waals surface area contributed by atoms with Crippen molar-refractivity contribution in [1.29, 1.82) is 0 Å². The van der Waals surface area contributed by atoms with E-state index in [4.69, 9.17) is 5.73 Å². The van der Waals surface area contributed by atoms with Crippen LogP contribution in [-0.4, -0.2) is 6.54 Å². The van der Waals surface area contributed by atoms with Crippen molar-refractivity contribution in [3.63, 3.8) is 0 Å². The second-order valence-electron chi connectivity index (χ2n) is 3.74. The highest BCUT2D eigenvalue weighted by molar-refractivity contribution is 5.23. The van der Waals surface area contributed by atoms with E-state index in [1.807, 2.05) is 32.0 Å². The van der Waals surface area contributed by atoms with Crippen molar-refractivity contribution in [2.45, 2.75) is 25.9 Å². The molecule has 1 rings (SSSR count). The van der Waals surface area contributed by atoms with Crippen molar-refractivity contribution >= 4 is 0 Å². The molecule has 1 nitrogen and oxygen atoms in total. The Kier molecular flexibility index (Phi) is 3.64. The molecule has 2 atom stereocenters. The summed E-state index contributed by atoms with van der Waals surface area (Å²) >= 11 is 0. The van der Waals surface area contributed by atoms with Gasteiger partial charge in [0.15, 0.2) is 5.67 Å². The zero-order valence-corrected chi connectivity index (χ0v) is 8.83. The molecule has 0 bridgehead atoms. The van der Waals surface area contributed by atoms with E-state index in [0.29, 0.717) is 5.56 Å². The molecule has 0 aliphatic carbocycles. The van der Waals surface area contributed by atoms with Crippen molar-refractivity contribution in [2.24, 2.45) is 11.7 Å². The average molecular weight is 195 g/mol. The average Bonchev–Trinajstić information content (AvgIpc) is 2.28. The Morgan fingerprint density at radius 1 is 1.36 bits per heavy atom. The molecule has 14 heavy (non-hydrogen) atoms. The fourth-order valence-electron chi connectivity index (χ4n) is 1.64. The van der Waals surface area contributed by atoms with E-state index in [-0.39, 0.29) is 12.5 Å². The van der Waals surface area contributed by atoms with Gasteiger partial charge in [-0.05, 0) is 11.5 Å². The third kappa shape index (κ3) is 1.95. The second-order valence-corrected chi connectivity index (χ2v) is 3.74. The maximum absolute atomic E-state index is 14.5. The van der Waals surface area contributed by atoms with Crippen molar-refractivity contribution in [3.8, 4) is 0 Å². The van der Waals surface area contributed by atoms with Gasteiger partial charge in [0, 0.05) is 6.54 Å².